The van der Waals surface area contributed by atoms with Crippen LogP contribution in [0.1, 0.15) is 25.0 Å². The summed E-state index contributed by atoms with van der Waals surface area (Å²) in [5, 5.41) is 0. The van der Waals surface area contributed by atoms with Gasteiger partial charge in [0.15, 0.2) is 0 Å². The van der Waals surface area contributed by atoms with Crippen LogP contribution in [0.25, 0.3) is 0 Å². The highest BCUT2D eigenvalue weighted by Crippen LogP contribution is 2.21. The molecular weight excluding hydrogens is 370 g/mol. The lowest BCUT2D eigenvalue weighted by Gasteiger charge is -2.24. The molecule has 6 heteroatoms. The summed E-state index contributed by atoms with van der Waals surface area (Å²) in [6.45, 7) is 4.99. The fourth-order valence-electron chi connectivity index (χ4n) is 3.27. The van der Waals surface area contributed by atoms with Crippen molar-refractivity contribution < 1.29 is 23.8 Å². The third kappa shape index (κ3) is 5.73. The van der Waals surface area contributed by atoms with E-state index in [0.29, 0.717) is 32.8 Å². The average molecular weight is 397 g/mol. The Labute approximate surface area is 171 Å². The summed E-state index contributed by atoms with van der Waals surface area (Å²) < 4.78 is 16.1. The van der Waals surface area contributed by atoms with E-state index in [2.05, 4.69) is 0 Å². The Morgan fingerprint density at radius 2 is 1.86 bits per heavy atom. The van der Waals surface area contributed by atoms with E-state index in [1.807, 2.05) is 54.6 Å². The van der Waals surface area contributed by atoms with Crippen molar-refractivity contribution >= 4 is 12.1 Å². The highest BCUT2D eigenvalue weighted by Gasteiger charge is 2.35. The maximum absolute atomic E-state index is 12.1. The van der Waals surface area contributed by atoms with Crippen molar-refractivity contribution in [2.45, 2.75) is 32.9 Å². The van der Waals surface area contributed by atoms with E-state index in [0.717, 1.165) is 16.9 Å². The zero-order chi connectivity index (χ0) is 20.6. The number of esters is 1. The lowest BCUT2D eigenvalue weighted by atomic mass is 10.0. The van der Waals surface area contributed by atoms with Crippen LogP contribution < -0.4 is 4.74 Å². The minimum atomic E-state index is -0.392. The first-order valence-electron chi connectivity index (χ1n) is 9.92. The van der Waals surface area contributed by atoms with Gasteiger partial charge >= 0.3 is 12.1 Å². The predicted octanol–water partition coefficient (Wildman–Crippen LogP) is 3.83. The molecule has 154 valence electrons. The molecular formula is C23H27NO5. The molecule has 6 nitrogen and oxygen atoms in total. The molecule has 2 atom stereocenters. The van der Waals surface area contributed by atoms with Gasteiger partial charge < -0.3 is 19.1 Å². The molecule has 1 aliphatic rings. The number of carbonyl (C=O) groups excluding carboxylic acids is 2. The Balaban J connectivity index is 1.55. The van der Waals surface area contributed by atoms with Crippen LogP contribution >= 0.6 is 0 Å². The van der Waals surface area contributed by atoms with Crippen LogP contribution in [0, 0.1) is 5.92 Å². The van der Waals surface area contributed by atoms with E-state index in [1.165, 1.54) is 0 Å². The molecule has 3 rings (SSSR count). The summed E-state index contributed by atoms with van der Waals surface area (Å²) in [5.74, 6) is 0.104. The fraction of sp³-hybridized carbons (Fsp3) is 0.391. The molecule has 2 aromatic carbocycles. The zero-order valence-corrected chi connectivity index (χ0v) is 16.9. The summed E-state index contributed by atoms with van der Waals surface area (Å²) >= 11 is 0. The third-order valence-corrected chi connectivity index (χ3v) is 4.88. The monoisotopic (exact) mass is 397 g/mol. The van der Waals surface area contributed by atoms with Crippen LogP contribution in [-0.2, 0) is 27.3 Å². The van der Waals surface area contributed by atoms with Gasteiger partial charge in [-0.2, -0.15) is 0 Å². The van der Waals surface area contributed by atoms with E-state index in [4.69, 9.17) is 14.2 Å². The molecule has 0 N–H and O–H groups in total. The van der Waals surface area contributed by atoms with Gasteiger partial charge in [0.25, 0.3) is 0 Å². The molecule has 1 amide bonds. The first kappa shape index (κ1) is 20.7. The number of carbonyl (C=O) groups is 2. The number of ether oxygens (including phenoxy) is 3. The van der Waals surface area contributed by atoms with E-state index >= 15 is 0 Å². The van der Waals surface area contributed by atoms with Gasteiger partial charge in [0, 0.05) is 6.54 Å². The van der Waals surface area contributed by atoms with Crippen LogP contribution in [0.2, 0.25) is 0 Å². The summed E-state index contributed by atoms with van der Waals surface area (Å²) in [7, 11) is 0. The van der Waals surface area contributed by atoms with Crippen molar-refractivity contribution in [3.8, 4) is 5.75 Å². The molecule has 1 saturated heterocycles. The van der Waals surface area contributed by atoms with Crippen molar-refractivity contribution in [3.63, 3.8) is 0 Å². The van der Waals surface area contributed by atoms with Crippen molar-refractivity contribution in [1.82, 2.24) is 4.90 Å². The first-order chi connectivity index (χ1) is 14.1. The van der Waals surface area contributed by atoms with E-state index in [1.54, 1.807) is 18.7 Å². The molecule has 0 radical (unpaired) electrons. The Kier molecular flexibility index (Phi) is 7.11. The zero-order valence-electron chi connectivity index (χ0n) is 16.9. The van der Waals surface area contributed by atoms with Gasteiger partial charge in [0.2, 0.25) is 0 Å². The first-order valence-corrected chi connectivity index (χ1v) is 9.92. The molecule has 1 unspecified atom stereocenters. The minimum absolute atomic E-state index is 0.101. The van der Waals surface area contributed by atoms with Crippen molar-refractivity contribution in [2.24, 2.45) is 5.92 Å². The van der Waals surface area contributed by atoms with Crippen LogP contribution in [0.15, 0.2) is 54.6 Å². The number of hydrogen-bond acceptors (Lipinski definition) is 5. The van der Waals surface area contributed by atoms with Gasteiger partial charge in [0.1, 0.15) is 19.0 Å². The molecule has 29 heavy (non-hydrogen) atoms. The Hall–Kier alpha value is -3.02. The molecule has 0 aromatic heterocycles. The van der Waals surface area contributed by atoms with Gasteiger partial charge in [-0.05, 0) is 36.6 Å². The van der Waals surface area contributed by atoms with Crippen LogP contribution in [-0.4, -0.2) is 42.8 Å². The topological polar surface area (TPSA) is 65.1 Å². The van der Waals surface area contributed by atoms with Crippen molar-refractivity contribution in [3.05, 3.63) is 65.7 Å². The second-order valence-corrected chi connectivity index (χ2v) is 7.16. The van der Waals surface area contributed by atoms with Gasteiger partial charge in [-0.25, -0.2) is 4.79 Å². The highest BCUT2D eigenvalue weighted by atomic mass is 16.6. The summed E-state index contributed by atoms with van der Waals surface area (Å²) in [6.07, 6.45) is 0.272. The van der Waals surface area contributed by atoms with E-state index < -0.39 is 5.92 Å². The average Bonchev–Trinajstić information content (AvgIpc) is 3.07. The number of hydrogen-bond donors (Lipinski definition) is 0. The second kappa shape index (κ2) is 9.96. The van der Waals surface area contributed by atoms with E-state index in [-0.39, 0.29) is 18.1 Å². The lowest BCUT2D eigenvalue weighted by molar-refractivity contribution is -0.147. The maximum atomic E-state index is 12.1. The van der Waals surface area contributed by atoms with Crippen LogP contribution in [0.3, 0.4) is 0 Å². The van der Waals surface area contributed by atoms with Gasteiger partial charge in [-0.1, -0.05) is 49.4 Å². The SMILES string of the molecule is CCOC(=O)C(C)CN1C(=O)OC[C@@H]1Cc1ccc(OCc2ccccc2)cc1. The summed E-state index contributed by atoms with van der Waals surface area (Å²) in [5.41, 5.74) is 2.19. The van der Waals surface area contributed by atoms with Crippen LogP contribution in [0.4, 0.5) is 4.79 Å². The van der Waals surface area contributed by atoms with Crippen LogP contribution in [0.5, 0.6) is 5.75 Å². The number of nitrogens with zero attached hydrogens (tertiary/aromatic N) is 1. The number of benzene rings is 2. The van der Waals surface area contributed by atoms with Gasteiger partial charge in [-0.3, -0.25) is 4.79 Å². The standard InChI is InChI=1S/C23H27NO5/c1-3-27-22(25)17(2)14-24-20(16-29-23(24)26)13-18-9-11-21(12-10-18)28-15-19-7-5-4-6-8-19/h4-12,17,20H,3,13-16H2,1-2H3/t17?,20-/m0/s1. The molecule has 2 aromatic rings. The maximum Gasteiger partial charge on any atom is 0.410 e. The highest BCUT2D eigenvalue weighted by molar-refractivity contribution is 5.74. The minimum Gasteiger partial charge on any atom is -0.489 e. The van der Waals surface area contributed by atoms with E-state index in [9.17, 15) is 9.59 Å². The van der Waals surface area contributed by atoms with Crippen molar-refractivity contribution in [1.29, 1.82) is 0 Å². The fourth-order valence-corrected chi connectivity index (χ4v) is 3.27. The second-order valence-electron chi connectivity index (χ2n) is 7.16. The number of rotatable bonds is 9. The predicted molar refractivity (Wildman–Crippen MR) is 109 cm³/mol. The lowest BCUT2D eigenvalue weighted by Crippen LogP contribution is -2.40. The largest absolute Gasteiger partial charge is 0.489 e. The molecule has 1 fully saturated rings. The third-order valence-electron chi connectivity index (χ3n) is 4.88. The quantitative estimate of drug-likeness (QED) is 0.602. The Bertz CT molecular complexity index is 806. The molecule has 0 bridgehead atoms. The molecule has 0 aliphatic carbocycles. The smallest absolute Gasteiger partial charge is 0.410 e. The number of amides is 1. The number of cyclic esters (lactones) is 1. The normalized spacial score (nSPS) is 17.0. The summed E-state index contributed by atoms with van der Waals surface area (Å²) in [6, 6.07) is 17.8. The Morgan fingerprint density at radius 1 is 1.14 bits per heavy atom. The van der Waals surface area contributed by atoms with Crippen molar-refractivity contribution in [2.75, 3.05) is 19.8 Å². The van der Waals surface area contributed by atoms with Gasteiger partial charge in [0.05, 0.1) is 18.6 Å². The molecule has 1 aliphatic heterocycles. The van der Waals surface area contributed by atoms with Gasteiger partial charge in [-0.15, -0.1) is 0 Å². The Morgan fingerprint density at radius 3 is 2.55 bits per heavy atom. The molecule has 0 spiro atoms. The molecule has 1 heterocycles. The summed E-state index contributed by atoms with van der Waals surface area (Å²) in [4.78, 5) is 25.6. The molecule has 0 saturated carbocycles.